The lowest BCUT2D eigenvalue weighted by Gasteiger charge is -2.20. The summed E-state index contributed by atoms with van der Waals surface area (Å²) in [5.74, 6) is 0.209. The van der Waals surface area contributed by atoms with Crippen LogP contribution in [0.5, 0.6) is 0 Å². The first-order valence-electron chi connectivity index (χ1n) is 5.10. The number of likely N-dealkylation sites (N-methyl/N-ethyl adjacent to an activating group) is 1. The lowest BCUT2D eigenvalue weighted by Crippen LogP contribution is -2.41. The van der Waals surface area contributed by atoms with Crippen LogP contribution in [0.3, 0.4) is 0 Å². The summed E-state index contributed by atoms with van der Waals surface area (Å²) in [6, 6.07) is 1.57. The molecule has 90 valence electrons. The van der Waals surface area contributed by atoms with E-state index >= 15 is 0 Å². The molecule has 1 atom stereocenters. The van der Waals surface area contributed by atoms with Crippen LogP contribution in [0.1, 0.15) is 16.1 Å². The molecule has 16 heavy (non-hydrogen) atoms. The molecule has 0 radical (unpaired) electrons. The number of hydrogen-bond donors (Lipinski definition) is 1. The fourth-order valence-electron chi connectivity index (χ4n) is 1.47. The first-order chi connectivity index (χ1) is 7.56. The Hall–Kier alpha value is -1.33. The second-order valence-electron chi connectivity index (χ2n) is 3.83. The van der Waals surface area contributed by atoms with E-state index in [-0.39, 0.29) is 11.9 Å². The quantitative estimate of drug-likeness (QED) is 0.799. The van der Waals surface area contributed by atoms with Crippen molar-refractivity contribution in [3.05, 3.63) is 23.7 Å². The molecule has 0 saturated carbocycles. The van der Waals surface area contributed by atoms with Crippen molar-refractivity contribution in [3.8, 4) is 0 Å². The van der Waals surface area contributed by atoms with Gasteiger partial charge in [0.05, 0.1) is 12.9 Å². The molecule has 1 amide bonds. The number of aryl methyl sites for hydroxylation is 1. The molecule has 0 spiro atoms. The van der Waals surface area contributed by atoms with E-state index < -0.39 is 0 Å². The Morgan fingerprint density at radius 2 is 2.38 bits per heavy atom. The zero-order valence-electron chi connectivity index (χ0n) is 9.90. The summed E-state index contributed by atoms with van der Waals surface area (Å²) < 4.78 is 10.0. The number of methoxy groups -OCH3 is 1. The molecule has 1 rings (SSSR count). The number of amides is 1. The standard InChI is InChI=1S/C11H18N2O3/c1-8-4-5-16-10(8)11(14)13(2)6-9(12)7-15-3/h4-5,9H,6-7,12H2,1-3H3. The summed E-state index contributed by atoms with van der Waals surface area (Å²) >= 11 is 0. The van der Waals surface area contributed by atoms with Crippen LogP contribution in [0, 0.1) is 6.92 Å². The Labute approximate surface area is 95.2 Å². The minimum Gasteiger partial charge on any atom is -0.459 e. The normalized spacial score (nSPS) is 12.5. The van der Waals surface area contributed by atoms with Crippen molar-refractivity contribution in [1.29, 1.82) is 0 Å². The van der Waals surface area contributed by atoms with Crippen molar-refractivity contribution in [1.82, 2.24) is 4.90 Å². The van der Waals surface area contributed by atoms with Gasteiger partial charge in [-0.3, -0.25) is 4.79 Å². The molecule has 0 aliphatic rings. The highest BCUT2D eigenvalue weighted by atomic mass is 16.5. The summed E-state index contributed by atoms with van der Waals surface area (Å²) in [6.07, 6.45) is 1.51. The summed E-state index contributed by atoms with van der Waals surface area (Å²) in [7, 11) is 3.28. The molecule has 5 heteroatoms. The van der Waals surface area contributed by atoms with E-state index in [1.165, 1.54) is 11.2 Å². The van der Waals surface area contributed by atoms with Gasteiger partial charge >= 0.3 is 0 Å². The summed E-state index contributed by atoms with van der Waals surface area (Å²) in [5.41, 5.74) is 6.60. The van der Waals surface area contributed by atoms with E-state index in [2.05, 4.69) is 0 Å². The van der Waals surface area contributed by atoms with Crippen LogP contribution in [0.25, 0.3) is 0 Å². The van der Waals surface area contributed by atoms with E-state index in [0.717, 1.165) is 5.56 Å². The number of carbonyl (C=O) groups excluding carboxylic acids is 1. The van der Waals surface area contributed by atoms with E-state index in [1.807, 2.05) is 6.92 Å². The smallest absolute Gasteiger partial charge is 0.289 e. The molecule has 0 aromatic carbocycles. The highest BCUT2D eigenvalue weighted by Crippen LogP contribution is 2.11. The van der Waals surface area contributed by atoms with Gasteiger partial charge in [0.2, 0.25) is 0 Å². The van der Waals surface area contributed by atoms with Crippen molar-refractivity contribution in [3.63, 3.8) is 0 Å². The summed E-state index contributed by atoms with van der Waals surface area (Å²) in [6.45, 7) is 2.70. The Kier molecular flexibility index (Phi) is 4.52. The molecule has 1 aromatic heterocycles. The predicted octanol–water partition coefficient (Wildman–Crippen LogP) is 0.634. The molecule has 0 saturated heterocycles. The van der Waals surface area contributed by atoms with E-state index in [0.29, 0.717) is 18.9 Å². The Balaban J connectivity index is 2.58. The highest BCUT2D eigenvalue weighted by Gasteiger charge is 2.18. The maximum Gasteiger partial charge on any atom is 0.289 e. The summed E-state index contributed by atoms with van der Waals surface area (Å²) in [4.78, 5) is 13.4. The number of rotatable bonds is 5. The van der Waals surface area contributed by atoms with Crippen molar-refractivity contribution in [2.45, 2.75) is 13.0 Å². The van der Waals surface area contributed by atoms with Gasteiger partial charge in [0.25, 0.3) is 5.91 Å². The third-order valence-corrected chi connectivity index (χ3v) is 2.29. The van der Waals surface area contributed by atoms with Gasteiger partial charge in [-0.1, -0.05) is 0 Å². The molecule has 0 aliphatic carbocycles. The van der Waals surface area contributed by atoms with Crippen LogP contribution in [-0.2, 0) is 4.74 Å². The molecule has 1 aromatic rings. The molecule has 0 fully saturated rings. The summed E-state index contributed by atoms with van der Waals surface area (Å²) in [5, 5.41) is 0. The largest absolute Gasteiger partial charge is 0.459 e. The third kappa shape index (κ3) is 3.08. The van der Waals surface area contributed by atoms with Crippen LogP contribution in [0.4, 0.5) is 0 Å². The average molecular weight is 226 g/mol. The number of ether oxygens (including phenoxy) is 1. The van der Waals surface area contributed by atoms with Gasteiger partial charge in [-0.15, -0.1) is 0 Å². The first kappa shape index (κ1) is 12.7. The highest BCUT2D eigenvalue weighted by molar-refractivity contribution is 5.92. The van der Waals surface area contributed by atoms with Crippen molar-refractivity contribution < 1.29 is 13.9 Å². The SMILES string of the molecule is COCC(N)CN(C)C(=O)c1occc1C. The number of nitrogens with zero attached hydrogens (tertiary/aromatic N) is 1. The van der Waals surface area contributed by atoms with Crippen molar-refractivity contribution in [2.24, 2.45) is 5.73 Å². The number of carbonyl (C=O) groups is 1. The minimum absolute atomic E-state index is 0.158. The van der Waals surface area contributed by atoms with Crippen LogP contribution < -0.4 is 5.73 Å². The van der Waals surface area contributed by atoms with Gasteiger partial charge in [0, 0.05) is 32.3 Å². The Bertz CT molecular complexity index is 349. The number of nitrogens with two attached hydrogens (primary N) is 1. The molecule has 2 N–H and O–H groups in total. The first-order valence-corrected chi connectivity index (χ1v) is 5.10. The van der Waals surface area contributed by atoms with Gasteiger partial charge in [-0.25, -0.2) is 0 Å². The molecule has 1 heterocycles. The fourth-order valence-corrected chi connectivity index (χ4v) is 1.47. The van der Waals surface area contributed by atoms with Crippen LogP contribution in [-0.4, -0.2) is 44.2 Å². The molecular formula is C11H18N2O3. The maximum absolute atomic E-state index is 11.9. The molecular weight excluding hydrogens is 208 g/mol. The molecule has 5 nitrogen and oxygen atoms in total. The predicted molar refractivity (Wildman–Crippen MR) is 60.3 cm³/mol. The van der Waals surface area contributed by atoms with E-state index in [1.54, 1.807) is 20.2 Å². The van der Waals surface area contributed by atoms with Gasteiger partial charge < -0.3 is 19.8 Å². The van der Waals surface area contributed by atoms with Crippen LogP contribution in [0.2, 0.25) is 0 Å². The molecule has 1 unspecified atom stereocenters. The van der Waals surface area contributed by atoms with Gasteiger partial charge in [-0.2, -0.15) is 0 Å². The van der Waals surface area contributed by atoms with E-state index in [9.17, 15) is 4.79 Å². The van der Waals surface area contributed by atoms with Crippen LogP contribution >= 0.6 is 0 Å². The van der Waals surface area contributed by atoms with Gasteiger partial charge in [0.15, 0.2) is 5.76 Å². The average Bonchev–Trinajstić information content (AvgIpc) is 2.63. The monoisotopic (exact) mass is 226 g/mol. The van der Waals surface area contributed by atoms with Gasteiger partial charge in [-0.05, 0) is 13.0 Å². The van der Waals surface area contributed by atoms with Gasteiger partial charge in [0.1, 0.15) is 0 Å². The third-order valence-electron chi connectivity index (χ3n) is 2.29. The minimum atomic E-state index is -0.186. The second kappa shape index (κ2) is 5.67. The lowest BCUT2D eigenvalue weighted by atomic mass is 10.2. The topological polar surface area (TPSA) is 68.7 Å². The zero-order chi connectivity index (χ0) is 12.1. The fraction of sp³-hybridized carbons (Fsp3) is 0.545. The number of hydrogen-bond acceptors (Lipinski definition) is 4. The zero-order valence-corrected chi connectivity index (χ0v) is 9.90. The second-order valence-corrected chi connectivity index (χ2v) is 3.83. The lowest BCUT2D eigenvalue weighted by molar-refractivity contribution is 0.0732. The molecule has 0 bridgehead atoms. The Morgan fingerprint density at radius 3 is 2.88 bits per heavy atom. The number of furan rings is 1. The Morgan fingerprint density at radius 1 is 1.69 bits per heavy atom. The maximum atomic E-state index is 11.9. The molecule has 0 aliphatic heterocycles. The van der Waals surface area contributed by atoms with Crippen molar-refractivity contribution in [2.75, 3.05) is 27.3 Å². The van der Waals surface area contributed by atoms with Crippen LogP contribution in [0.15, 0.2) is 16.7 Å². The van der Waals surface area contributed by atoms with Crippen molar-refractivity contribution >= 4 is 5.91 Å². The van der Waals surface area contributed by atoms with E-state index in [4.69, 9.17) is 14.9 Å².